The molecule has 210 valence electrons. The second-order valence-electron chi connectivity index (χ2n) is 11.0. The van der Waals surface area contributed by atoms with E-state index in [9.17, 15) is 0 Å². The minimum absolute atomic E-state index is 0.621. The molecular formula is C36H56N2. The highest BCUT2D eigenvalue weighted by Crippen LogP contribution is 2.26. The van der Waals surface area contributed by atoms with Crippen molar-refractivity contribution >= 4 is 5.71 Å². The van der Waals surface area contributed by atoms with Crippen LogP contribution in [-0.2, 0) is 12.8 Å². The lowest BCUT2D eigenvalue weighted by molar-refractivity contribution is 0.517. The molecule has 2 rings (SSSR count). The Balaban J connectivity index is 1.54. The first-order valence-corrected chi connectivity index (χ1v) is 15.7. The van der Waals surface area contributed by atoms with Crippen LogP contribution >= 0.6 is 0 Å². The van der Waals surface area contributed by atoms with E-state index in [4.69, 9.17) is 5.73 Å². The van der Waals surface area contributed by atoms with Crippen molar-refractivity contribution in [1.82, 2.24) is 0 Å². The Morgan fingerprint density at radius 3 is 1.84 bits per heavy atom. The van der Waals surface area contributed by atoms with Crippen molar-refractivity contribution in [3.63, 3.8) is 0 Å². The molecule has 0 saturated carbocycles. The number of allylic oxidation sites excluding steroid dienone is 1. The predicted octanol–water partition coefficient (Wildman–Crippen LogP) is 10.0. The van der Waals surface area contributed by atoms with Crippen LogP contribution < -0.4 is 5.73 Å². The molecule has 0 amide bonds. The molecule has 0 aliphatic carbocycles. The van der Waals surface area contributed by atoms with Crippen molar-refractivity contribution < 1.29 is 0 Å². The monoisotopic (exact) mass is 516 g/mol. The quantitative estimate of drug-likeness (QED) is 0.116. The average molecular weight is 517 g/mol. The Kier molecular flexibility index (Phi) is 18.3. The summed E-state index contributed by atoms with van der Waals surface area (Å²) in [6.07, 6.45) is 23.8. The first-order chi connectivity index (χ1) is 18.8. The molecule has 0 radical (unpaired) electrons. The van der Waals surface area contributed by atoms with E-state index >= 15 is 0 Å². The summed E-state index contributed by atoms with van der Waals surface area (Å²) in [5.41, 5.74) is 11.6. The second kappa shape index (κ2) is 21.7. The van der Waals surface area contributed by atoms with Crippen LogP contribution in [0.25, 0.3) is 0 Å². The number of aryl methyl sites for hydroxylation is 2. The maximum atomic E-state index is 5.98. The number of unbranched alkanes of at least 4 members (excludes halogenated alkanes) is 10. The van der Waals surface area contributed by atoms with E-state index in [1.54, 1.807) is 0 Å². The van der Waals surface area contributed by atoms with E-state index in [1.165, 1.54) is 119 Å². The molecule has 0 aliphatic heterocycles. The highest BCUT2D eigenvalue weighted by molar-refractivity contribution is 5.94. The van der Waals surface area contributed by atoms with Crippen LogP contribution in [0.3, 0.4) is 0 Å². The van der Waals surface area contributed by atoms with Gasteiger partial charge in [-0.15, -0.1) is 0 Å². The maximum absolute atomic E-state index is 5.98. The van der Waals surface area contributed by atoms with Crippen LogP contribution in [0.15, 0.2) is 72.2 Å². The second-order valence-corrected chi connectivity index (χ2v) is 11.0. The van der Waals surface area contributed by atoms with Crippen LogP contribution in [0, 0.1) is 0 Å². The third-order valence-corrected chi connectivity index (χ3v) is 7.82. The predicted molar refractivity (Wildman–Crippen MR) is 170 cm³/mol. The summed E-state index contributed by atoms with van der Waals surface area (Å²) in [7, 11) is 0. The molecule has 0 aliphatic rings. The number of rotatable bonds is 23. The highest BCUT2D eigenvalue weighted by atomic mass is 14.7. The smallest absolute Gasteiger partial charge is 0.0364 e. The minimum atomic E-state index is 0.621. The van der Waals surface area contributed by atoms with Crippen LogP contribution in [0.2, 0.25) is 0 Å². The fraction of sp³-hybridized carbons (Fsp3) is 0.583. The number of hydrogen-bond donors (Lipinski definition) is 1. The summed E-state index contributed by atoms with van der Waals surface area (Å²) in [6.45, 7) is 7.61. The van der Waals surface area contributed by atoms with E-state index in [-0.39, 0.29) is 0 Å². The number of nitrogens with zero attached hydrogens (tertiary/aromatic N) is 1. The third-order valence-electron chi connectivity index (χ3n) is 7.82. The lowest BCUT2D eigenvalue weighted by atomic mass is 9.89. The molecule has 2 aromatic rings. The lowest BCUT2D eigenvalue weighted by Gasteiger charge is -2.17. The Labute approximate surface area is 235 Å². The number of hydrogen-bond acceptors (Lipinski definition) is 2. The average Bonchev–Trinajstić information content (AvgIpc) is 2.95. The summed E-state index contributed by atoms with van der Waals surface area (Å²) in [5.74, 6) is 0.621. The van der Waals surface area contributed by atoms with Crippen molar-refractivity contribution in [3.8, 4) is 0 Å². The van der Waals surface area contributed by atoms with Gasteiger partial charge in [0.15, 0.2) is 0 Å². The van der Waals surface area contributed by atoms with Crippen LogP contribution in [0.4, 0.5) is 0 Å². The topological polar surface area (TPSA) is 38.4 Å². The molecule has 0 saturated heterocycles. The summed E-state index contributed by atoms with van der Waals surface area (Å²) in [5, 5.41) is 0. The Morgan fingerprint density at radius 1 is 0.711 bits per heavy atom. The zero-order valence-corrected chi connectivity index (χ0v) is 24.5. The molecule has 2 nitrogen and oxygen atoms in total. The van der Waals surface area contributed by atoms with E-state index < -0.39 is 0 Å². The number of benzene rings is 2. The van der Waals surface area contributed by atoms with Crippen molar-refractivity contribution in [2.75, 3.05) is 13.1 Å². The van der Waals surface area contributed by atoms with Gasteiger partial charge in [-0.2, -0.15) is 0 Å². The number of nitrogens with two attached hydrogens (primary N) is 1. The number of aliphatic imine (C=N–C) groups is 1. The zero-order valence-electron chi connectivity index (χ0n) is 24.5. The maximum Gasteiger partial charge on any atom is 0.0364 e. The molecular weight excluding hydrogens is 460 g/mol. The van der Waals surface area contributed by atoms with Crippen molar-refractivity contribution in [2.24, 2.45) is 10.7 Å². The van der Waals surface area contributed by atoms with Crippen molar-refractivity contribution in [3.05, 3.63) is 83.9 Å². The first-order valence-electron chi connectivity index (χ1n) is 15.7. The standard InChI is InChI=1S/C36H56N2/c1-3-36(38-4-2)25-19-12-8-6-10-15-23-33-26-28-35(29-27-33)34(30-31-37)24-18-11-7-5-9-14-20-32-21-16-13-17-22-32/h3,13,16-17,21-22,26-29,34H,1,4-12,14-15,18-20,23-25,30-31,37H2,2H3/b38-36+/t34-/m0/s1. The third kappa shape index (κ3) is 14.7. The molecule has 0 fully saturated rings. The zero-order chi connectivity index (χ0) is 27.1. The van der Waals surface area contributed by atoms with Crippen LogP contribution in [0.5, 0.6) is 0 Å². The SMILES string of the molecule is C=C/C(CCCCCCCCc1ccc([C@H](CCN)CCCCCCCCc2ccccc2)cc1)=N\CC. The van der Waals surface area contributed by atoms with E-state index in [2.05, 4.69) is 73.1 Å². The van der Waals surface area contributed by atoms with Crippen molar-refractivity contribution in [1.29, 1.82) is 0 Å². The summed E-state index contributed by atoms with van der Waals surface area (Å²) < 4.78 is 0. The van der Waals surface area contributed by atoms with Gasteiger partial charge in [0, 0.05) is 12.3 Å². The van der Waals surface area contributed by atoms with Gasteiger partial charge in [0.2, 0.25) is 0 Å². The summed E-state index contributed by atoms with van der Waals surface area (Å²) >= 11 is 0. The minimum Gasteiger partial charge on any atom is -0.330 e. The molecule has 0 aromatic heterocycles. The van der Waals surface area contributed by atoms with Gasteiger partial charge in [0.25, 0.3) is 0 Å². The molecule has 2 aromatic carbocycles. The largest absolute Gasteiger partial charge is 0.330 e. The van der Waals surface area contributed by atoms with E-state index in [0.717, 1.165) is 25.9 Å². The molecule has 0 spiro atoms. The van der Waals surface area contributed by atoms with Gasteiger partial charge in [0.1, 0.15) is 0 Å². The van der Waals surface area contributed by atoms with Gasteiger partial charge in [-0.25, -0.2) is 0 Å². The molecule has 0 unspecified atom stereocenters. The normalized spacial score (nSPS) is 12.5. The molecule has 38 heavy (non-hydrogen) atoms. The first kappa shape index (κ1) is 32.0. The van der Waals surface area contributed by atoms with Crippen LogP contribution in [-0.4, -0.2) is 18.8 Å². The van der Waals surface area contributed by atoms with Gasteiger partial charge in [-0.1, -0.05) is 119 Å². The van der Waals surface area contributed by atoms with E-state index in [0.29, 0.717) is 5.92 Å². The fourth-order valence-electron chi connectivity index (χ4n) is 5.50. The van der Waals surface area contributed by atoms with E-state index in [1.807, 2.05) is 6.08 Å². The molecule has 0 heterocycles. The molecule has 0 bridgehead atoms. The lowest BCUT2D eigenvalue weighted by Crippen LogP contribution is -2.08. The highest BCUT2D eigenvalue weighted by Gasteiger charge is 2.11. The van der Waals surface area contributed by atoms with Gasteiger partial charge in [0.05, 0.1) is 0 Å². The van der Waals surface area contributed by atoms with Gasteiger partial charge in [-0.05, 0) is 93.5 Å². The van der Waals surface area contributed by atoms with Gasteiger partial charge in [-0.3, -0.25) is 4.99 Å². The Bertz CT molecular complexity index is 853. The van der Waals surface area contributed by atoms with Crippen molar-refractivity contribution in [2.45, 2.75) is 122 Å². The fourth-order valence-corrected chi connectivity index (χ4v) is 5.50. The molecule has 2 N–H and O–H groups in total. The van der Waals surface area contributed by atoms with Crippen LogP contribution in [0.1, 0.15) is 126 Å². The summed E-state index contributed by atoms with van der Waals surface area (Å²) in [4.78, 5) is 4.48. The summed E-state index contributed by atoms with van der Waals surface area (Å²) in [6, 6.07) is 20.4. The Morgan fingerprint density at radius 2 is 1.26 bits per heavy atom. The van der Waals surface area contributed by atoms with Gasteiger partial charge < -0.3 is 5.73 Å². The Hall–Kier alpha value is -2.19. The molecule has 2 heteroatoms. The van der Waals surface area contributed by atoms with Gasteiger partial charge >= 0.3 is 0 Å². The molecule has 1 atom stereocenters.